The summed E-state index contributed by atoms with van der Waals surface area (Å²) in [7, 11) is 0. The van der Waals surface area contributed by atoms with Gasteiger partial charge in [0.05, 0.1) is 5.56 Å². The van der Waals surface area contributed by atoms with E-state index in [4.69, 9.17) is 9.84 Å². The molecule has 0 fully saturated rings. The van der Waals surface area contributed by atoms with Crippen molar-refractivity contribution in [3.8, 4) is 11.5 Å². The molecule has 2 rings (SSSR count). The minimum absolute atomic E-state index is 0.109. The van der Waals surface area contributed by atoms with Gasteiger partial charge in [-0.2, -0.15) is 0 Å². The Balaban J connectivity index is 2.19. The van der Waals surface area contributed by atoms with Gasteiger partial charge in [0.1, 0.15) is 11.5 Å². The topological polar surface area (TPSA) is 46.5 Å². The molecule has 1 N–H and O–H groups in total. The van der Waals surface area contributed by atoms with Gasteiger partial charge in [0.25, 0.3) is 0 Å². The Labute approximate surface area is 125 Å². The molecule has 3 heteroatoms. The van der Waals surface area contributed by atoms with Gasteiger partial charge in [-0.15, -0.1) is 0 Å². The van der Waals surface area contributed by atoms with E-state index in [-0.39, 0.29) is 5.41 Å². The lowest BCUT2D eigenvalue weighted by Crippen LogP contribution is -2.10. The maximum absolute atomic E-state index is 11.0. The van der Waals surface area contributed by atoms with E-state index in [0.717, 1.165) is 5.75 Å². The highest BCUT2D eigenvalue weighted by Gasteiger charge is 2.13. The van der Waals surface area contributed by atoms with E-state index in [9.17, 15) is 4.79 Å². The number of aryl methyl sites for hydroxylation is 1. The Morgan fingerprint density at radius 3 is 2.05 bits per heavy atom. The fourth-order valence-corrected chi connectivity index (χ4v) is 2.10. The van der Waals surface area contributed by atoms with Crippen LogP contribution in [0.4, 0.5) is 0 Å². The van der Waals surface area contributed by atoms with Crippen LogP contribution in [-0.2, 0) is 5.41 Å². The summed E-state index contributed by atoms with van der Waals surface area (Å²) in [6.45, 7) is 8.25. The Hall–Kier alpha value is -2.29. The maximum atomic E-state index is 11.0. The lowest BCUT2D eigenvalue weighted by molar-refractivity contribution is 0.0696. The van der Waals surface area contributed by atoms with Crippen LogP contribution in [0.15, 0.2) is 42.5 Å². The fraction of sp³-hybridized carbons (Fsp3) is 0.278. The van der Waals surface area contributed by atoms with Crippen molar-refractivity contribution in [2.45, 2.75) is 33.1 Å². The van der Waals surface area contributed by atoms with Crippen molar-refractivity contribution in [2.75, 3.05) is 0 Å². The molecular formula is C18H20O3. The normalized spacial score (nSPS) is 11.2. The first-order valence-corrected chi connectivity index (χ1v) is 6.90. The predicted molar refractivity (Wildman–Crippen MR) is 83.4 cm³/mol. The third-order valence-electron chi connectivity index (χ3n) is 3.38. The van der Waals surface area contributed by atoms with Crippen molar-refractivity contribution in [2.24, 2.45) is 0 Å². The molecule has 2 aromatic carbocycles. The molecule has 0 radical (unpaired) electrons. The average molecular weight is 284 g/mol. The van der Waals surface area contributed by atoms with Crippen molar-refractivity contribution < 1.29 is 14.6 Å². The number of hydrogen-bond donors (Lipinski definition) is 1. The Morgan fingerprint density at radius 2 is 1.57 bits per heavy atom. The van der Waals surface area contributed by atoms with E-state index in [1.807, 2.05) is 24.3 Å². The van der Waals surface area contributed by atoms with E-state index in [1.165, 1.54) is 5.56 Å². The quantitative estimate of drug-likeness (QED) is 0.882. The van der Waals surface area contributed by atoms with Crippen LogP contribution in [0.3, 0.4) is 0 Å². The number of benzene rings is 2. The van der Waals surface area contributed by atoms with Crippen LogP contribution in [0.2, 0.25) is 0 Å². The highest BCUT2D eigenvalue weighted by Crippen LogP contribution is 2.27. The summed E-state index contributed by atoms with van der Waals surface area (Å²) in [5, 5.41) is 9.01. The second kappa shape index (κ2) is 5.60. The second-order valence-corrected chi connectivity index (χ2v) is 6.16. The lowest BCUT2D eigenvalue weighted by Gasteiger charge is -2.19. The zero-order chi connectivity index (χ0) is 15.6. The molecule has 2 aromatic rings. The summed E-state index contributed by atoms with van der Waals surface area (Å²) >= 11 is 0. The molecular weight excluding hydrogens is 264 g/mol. The number of carbonyl (C=O) groups is 1. The average Bonchev–Trinajstić information content (AvgIpc) is 2.38. The minimum Gasteiger partial charge on any atom is -0.478 e. The smallest absolute Gasteiger partial charge is 0.335 e. The van der Waals surface area contributed by atoms with Crippen molar-refractivity contribution >= 4 is 5.97 Å². The molecule has 0 atom stereocenters. The molecule has 0 unspecified atom stereocenters. The molecule has 0 aliphatic heterocycles. The Kier molecular flexibility index (Phi) is 4.03. The van der Waals surface area contributed by atoms with Crippen molar-refractivity contribution in [3.05, 3.63) is 59.2 Å². The Bertz CT molecular complexity index is 649. The first kappa shape index (κ1) is 15.1. The lowest BCUT2D eigenvalue weighted by atomic mass is 9.87. The summed E-state index contributed by atoms with van der Waals surface area (Å²) in [4.78, 5) is 11.0. The van der Waals surface area contributed by atoms with Crippen molar-refractivity contribution in [3.63, 3.8) is 0 Å². The number of aromatic carboxylic acids is 1. The number of carboxylic acid groups (broad SMARTS) is 1. The zero-order valence-corrected chi connectivity index (χ0v) is 12.8. The van der Waals surface area contributed by atoms with Gasteiger partial charge in [-0.1, -0.05) is 32.9 Å². The van der Waals surface area contributed by atoms with Crippen molar-refractivity contribution in [1.82, 2.24) is 0 Å². The van der Waals surface area contributed by atoms with Gasteiger partial charge in [-0.05, 0) is 53.8 Å². The molecule has 0 aliphatic rings. The number of ether oxygens (including phenoxy) is 1. The van der Waals surface area contributed by atoms with Gasteiger partial charge in [-0.25, -0.2) is 4.79 Å². The number of carboxylic acids is 1. The zero-order valence-electron chi connectivity index (χ0n) is 12.8. The van der Waals surface area contributed by atoms with Crippen molar-refractivity contribution in [1.29, 1.82) is 0 Å². The number of hydrogen-bond acceptors (Lipinski definition) is 2. The third kappa shape index (κ3) is 3.63. The molecule has 0 aliphatic carbocycles. The van der Waals surface area contributed by atoms with E-state index in [2.05, 4.69) is 20.8 Å². The highest BCUT2D eigenvalue weighted by atomic mass is 16.5. The van der Waals surface area contributed by atoms with Crippen LogP contribution in [0.1, 0.15) is 42.3 Å². The van der Waals surface area contributed by atoms with E-state index in [1.54, 1.807) is 25.1 Å². The molecule has 0 saturated heterocycles. The molecule has 0 spiro atoms. The molecule has 3 nitrogen and oxygen atoms in total. The van der Waals surface area contributed by atoms with Gasteiger partial charge in [0.15, 0.2) is 0 Å². The fourth-order valence-electron chi connectivity index (χ4n) is 2.10. The summed E-state index contributed by atoms with van der Waals surface area (Å²) in [5.74, 6) is 0.458. The van der Waals surface area contributed by atoms with E-state index >= 15 is 0 Å². The predicted octanol–water partition coefficient (Wildman–Crippen LogP) is 4.78. The SMILES string of the molecule is Cc1cc(Oc2ccc(C(C)(C)C)cc2)ccc1C(=O)O. The summed E-state index contributed by atoms with van der Waals surface area (Å²) in [5.41, 5.74) is 2.34. The van der Waals surface area contributed by atoms with Crippen LogP contribution < -0.4 is 4.74 Å². The molecule has 110 valence electrons. The first-order valence-electron chi connectivity index (χ1n) is 6.90. The summed E-state index contributed by atoms with van der Waals surface area (Å²) < 4.78 is 5.77. The maximum Gasteiger partial charge on any atom is 0.335 e. The molecule has 0 aromatic heterocycles. The molecule has 0 bridgehead atoms. The largest absolute Gasteiger partial charge is 0.478 e. The second-order valence-electron chi connectivity index (χ2n) is 6.16. The van der Waals surface area contributed by atoms with Crippen LogP contribution in [0, 0.1) is 6.92 Å². The number of rotatable bonds is 3. The van der Waals surface area contributed by atoms with E-state index < -0.39 is 5.97 Å². The first-order chi connectivity index (χ1) is 9.77. The molecule has 0 saturated carbocycles. The summed E-state index contributed by atoms with van der Waals surface area (Å²) in [6, 6.07) is 12.9. The van der Waals surface area contributed by atoms with Gasteiger partial charge < -0.3 is 9.84 Å². The van der Waals surface area contributed by atoms with Gasteiger partial charge in [-0.3, -0.25) is 0 Å². The molecule has 21 heavy (non-hydrogen) atoms. The van der Waals surface area contributed by atoms with Crippen LogP contribution in [-0.4, -0.2) is 11.1 Å². The standard InChI is InChI=1S/C18H20O3/c1-12-11-15(9-10-16(12)17(19)20)21-14-7-5-13(6-8-14)18(2,3)4/h5-11H,1-4H3,(H,19,20). The van der Waals surface area contributed by atoms with Crippen LogP contribution in [0.5, 0.6) is 11.5 Å². The third-order valence-corrected chi connectivity index (χ3v) is 3.38. The highest BCUT2D eigenvalue weighted by molar-refractivity contribution is 5.89. The van der Waals surface area contributed by atoms with E-state index in [0.29, 0.717) is 16.9 Å². The van der Waals surface area contributed by atoms with Gasteiger partial charge in [0, 0.05) is 0 Å². The van der Waals surface area contributed by atoms with Crippen LogP contribution in [0.25, 0.3) is 0 Å². The molecule has 0 heterocycles. The Morgan fingerprint density at radius 1 is 1.00 bits per heavy atom. The van der Waals surface area contributed by atoms with Crippen LogP contribution >= 0.6 is 0 Å². The van der Waals surface area contributed by atoms with Gasteiger partial charge >= 0.3 is 5.97 Å². The van der Waals surface area contributed by atoms with Gasteiger partial charge in [0.2, 0.25) is 0 Å². The minimum atomic E-state index is -0.923. The summed E-state index contributed by atoms with van der Waals surface area (Å²) in [6.07, 6.45) is 0. The monoisotopic (exact) mass is 284 g/mol. The molecule has 0 amide bonds.